The number of amides is 1. The SMILES string of the molecule is CC1(C)C[C@@H](NC(=O)c2nccc3occc23)CCS1(=O)=O. The number of pyridine rings is 1. The van der Waals surface area contributed by atoms with Gasteiger partial charge in [0.2, 0.25) is 0 Å². The Morgan fingerprint density at radius 2 is 2.18 bits per heavy atom. The first kappa shape index (κ1) is 15.0. The number of carbonyl (C=O) groups excluding carboxylic acids is 1. The molecule has 0 saturated carbocycles. The topological polar surface area (TPSA) is 89.3 Å². The van der Waals surface area contributed by atoms with Crippen LogP contribution in [0, 0.1) is 0 Å². The van der Waals surface area contributed by atoms with Crippen LogP contribution in [0.15, 0.2) is 29.0 Å². The zero-order chi connectivity index (χ0) is 16.0. The first-order chi connectivity index (χ1) is 10.3. The lowest BCUT2D eigenvalue weighted by atomic mass is 9.99. The fourth-order valence-corrected chi connectivity index (χ4v) is 4.45. The van der Waals surface area contributed by atoms with Gasteiger partial charge in [-0.2, -0.15) is 0 Å². The minimum Gasteiger partial charge on any atom is -0.464 e. The molecule has 2 aromatic rings. The van der Waals surface area contributed by atoms with Gasteiger partial charge in [-0.3, -0.25) is 9.78 Å². The van der Waals surface area contributed by atoms with Crippen LogP contribution in [0.25, 0.3) is 11.0 Å². The van der Waals surface area contributed by atoms with E-state index in [0.29, 0.717) is 29.5 Å². The molecule has 1 atom stereocenters. The van der Waals surface area contributed by atoms with Crippen molar-refractivity contribution in [3.8, 4) is 0 Å². The second kappa shape index (κ2) is 5.08. The zero-order valence-corrected chi connectivity index (χ0v) is 13.3. The fraction of sp³-hybridized carbons (Fsp3) is 0.467. The highest BCUT2D eigenvalue weighted by Crippen LogP contribution is 2.30. The quantitative estimate of drug-likeness (QED) is 0.912. The molecular weight excluding hydrogens is 304 g/mol. The van der Waals surface area contributed by atoms with Gasteiger partial charge >= 0.3 is 0 Å². The molecule has 0 unspecified atom stereocenters. The van der Waals surface area contributed by atoms with Crippen LogP contribution in [0.3, 0.4) is 0 Å². The van der Waals surface area contributed by atoms with Crippen molar-refractivity contribution in [2.75, 3.05) is 5.75 Å². The summed E-state index contributed by atoms with van der Waals surface area (Å²) in [5, 5.41) is 3.56. The second-order valence-electron chi connectivity index (χ2n) is 6.23. The molecule has 6 nitrogen and oxygen atoms in total. The van der Waals surface area contributed by atoms with Gasteiger partial charge in [-0.25, -0.2) is 8.42 Å². The van der Waals surface area contributed by atoms with Gasteiger partial charge in [0, 0.05) is 12.2 Å². The van der Waals surface area contributed by atoms with Gasteiger partial charge in [-0.15, -0.1) is 0 Å². The summed E-state index contributed by atoms with van der Waals surface area (Å²) in [6.07, 6.45) is 3.87. The number of hydrogen-bond donors (Lipinski definition) is 1. The van der Waals surface area contributed by atoms with E-state index < -0.39 is 14.6 Å². The molecule has 2 aromatic heterocycles. The molecule has 3 heterocycles. The van der Waals surface area contributed by atoms with Crippen LogP contribution in [0.4, 0.5) is 0 Å². The fourth-order valence-electron chi connectivity index (χ4n) is 2.85. The van der Waals surface area contributed by atoms with Gasteiger partial charge < -0.3 is 9.73 Å². The Hall–Kier alpha value is -1.89. The average molecular weight is 322 g/mol. The highest BCUT2D eigenvalue weighted by molar-refractivity contribution is 7.92. The Labute approximate surface area is 128 Å². The molecule has 1 saturated heterocycles. The van der Waals surface area contributed by atoms with E-state index in [2.05, 4.69) is 10.3 Å². The molecule has 0 spiro atoms. The molecule has 0 aromatic carbocycles. The molecule has 0 aliphatic carbocycles. The smallest absolute Gasteiger partial charge is 0.270 e. The normalized spacial score (nSPS) is 23.3. The lowest BCUT2D eigenvalue weighted by Crippen LogP contribution is -2.49. The van der Waals surface area contributed by atoms with Crippen molar-refractivity contribution in [1.29, 1.82) is 0 Å². The van der Waals surface area contributed by atoms with E-state index in [0.717, 1.165) is 0 Å². The van der Waals surface area contributed by atoms with Gasteiger partial charge in [0.05, 0.1) is 22.1 Å². The van der Waals surface area contributed by atoms with E-state index >= 15 is 0 Å². The van der Waals surface area contributed by atoms with E-state index in [-0.39, 0.29) is 17.7 Å². The molecule has 0 radical (unpaired) electrons. The first-order valence-electron chi connectivity index (χ1n) is 7.15. The number of nitrogens with one attached hydrogen (secondary N) is 1. The molecule has 3 rings (SSSR count). The van der Waals surface area contributed by atoms with Crippen LogP contribution < -0.4 is 5.32 Å². The van der Waals surface area contributed by atoms with Crippen LogP contribution in [0.2, 0.25) is 0 Å². The summed E-state index contributed by atoms with van der Waals surface area (Å²) in [7, 11) is -3.10. The number of hydrogen-bond acceptors (Lipinski definition) is 5. The van der Waals surface area contributed by atoms with Gasteiger partial charge in [0.25, 0.3) is 5.91 Å². The predicted molar refractivity (Wildman–Crippen MR) is 82.4 cm³/mol. The third-order valence-corrected chi connectivity index (χ3v) is 6.87. The number of carbonyl (C=O) groups is 1. The van der Waals surface area contributed by atoms with Crippen LogP contribution in [-0.2, 0) is 9.84 Å². The number of aromatic nitrogens is 1. The molecule has 1 fully saturated rings. The Morgan fingerprint density at radius 1 is 1.41 bits per heavy atom. The van der Waals surface area contributed by atoms with E-state index in [1.165, 1.54) is 12.5 Å². The second-order valence-corrected chi connectivity index (χ2v) is 8.98. The van der Waals surface area contributed by atoms with Crippen LogP contribution >= 0.6 is 0 Å². The Kier molecular flexibility index (Phi) is 3.47. The molecule has 22 heavy (non-hydrogen) atoms. The maximum Gasteiger partial charge on any atom is 0.270 e. The third-order valence-electron chi connectivity index (χ3n) is 4.25. The lowest BCUT2D eigenvalue weighted by molar-refractivity contribution is 0.0927. The van der Waals surface area contributed by atoms with E-state index in [1.807, 2.05) is 0 Å². The maximum atomic E-state index is 12.4. The predicted octanol–water partition coefficient (Wildman–Crippen LogP) is 1.91. The number of sulfone groups is 1. The Morgan fingerprint density at radius 3 is 2.91 bits per heavy atom. The Bertz CT molecular complexity index is 823. The highest BCUT2D eigenvalue weighted by Gasteiger charge is 2.41. The van der Waals surface area contributed by atoms with E-state index in [9.17, 15) is 13.2 Å². The molecule has 0 bridgehead atoms. The Balaban J connectivity index is 1.80. The summed E-state index contributed by atoms with van der Waals surface area (Å²) in [4.78, 5) is 16.6. The van der Waals surface area contributed by atoms with Crippen LogP contribution in [0.5, 0.6) is 0 Å². The summed E-state index contributed by atoms with van der Waals surface area (Å²) in [6.45, 7) is 3.41. The van der Waals surface area contributed by atoms with Crippen molar-refractivity contribution >= 4 is 26.7 Å². The van der Waals surface area contributed by atoms with Gasteiger partial charge in [0.15, 0.2) is 9.84 Å². The maximum absolute atomic E-state index is 12.4. The van der Waals surface area contributed by atoms with E-state index in [4.69, 9.17) is 4.42 Å². The van der Waals surface area contributed by atoms with E-state index in [1.54, 1.807) is 26.0 Å². The summed E-state index contributed by atoms with van der Waals surface area (Å²) >= 11 is 0. The summed E-state index contributed by atoms with van der Waals surface area (Å²) in [6, 6.07) is 3.23. The minimum absolute atomic E-state index is 0.0916. The molecule has 118 valence electrons. The minimum atomic E-state index is -3.10. The molecule has 1 aliphatic heterocycles. The summed E-state index contributed by atoms with van der Waals surface area (Å²) < 4.78 is 28.5. The van der Waals surface area contributed by atoms with Crippen molar-refractivity contribution in [1.82, 2.24) is 10.3 Å². The molecule has 1 aliphatic rings. The molecule has 1 amide bonds. The third kappa shape index (κ3) is 2.49. The summed E-state index contributed by atoms with van der Waals surface area (Å²) in [5.41, 5.74) is 0.907. The van der Waals surface area contributed by atoms with Crippen molar-refractivity contribution in [3.63, 3.8) is 0 Å². The lowest BCUT2D eigenvalue weighted by Gasteiger charge is -2.35. The van der Waals surface area contributed by atoms with Crippen molar-refractivity contribution in [2.45, 2.75) is 37.5 Å². The van der Waals surface area contributed by atoms with Crippen molar-refractivity contribution < 1.29 is 17.6 Å². The molecule has 1 N–H and O–H groups in total. The van der Waals surface area contributed by atoms with Crippen LogP contribution in [-0.4, -0.2) is 35.9 Å². The van der Waals surface area contributed by atoms with Crippen LogP contribution in [0.1, 0.15) is 37.2 Å². The first-order valence-corrected chi connectivity index (χ1v) is 8.81. The standard InChI is InChI=1S/C15H18N2O4S/c1-15(2)9-10(5-8-22(15,19)20)17-14(18)13-11-4-7-21-12(11)3-6-16-13/h3-4,6-7,10H,5,8-9H2,1-2H3,(H,17,18)/t10-/m0/s1. The van der Waals surface area contributed by atoms with Gasteiger partial charge in [0.1, 0.15) is 11.3 Å². The number of rotatable bonds is 2. The zero-order valence-electron chi connectivity index (χ0n) is 12.5. The highest BCUT2D eigenvalue weighted by atomic mass is 32.2. The average Bonchev–Trinajstić information content (AvgIpc) is 2.91. The molecule has 7 heteroatoms. The number of nitrogens with zero attached hydrogens (tertiary/aromatic N) is 1. The number of furan rings is 1. The van der Waals surface area contributed by atoms with Gasteiger partial charge in [-0.1, -0.05) is 0 Å². The largest absolute Gasteiger partial charge is 0.464 e. The monoisotopic (exact) mass is 322 g/mol. The van der Waals surface area contributed by atoms with Crippen molar-refractivity contribution in [2.24, 2.45) is 0 Å². The van der Waals surface area contributed by atoms with Gasteiger partial charge in [-0.05, 0) is 38.8 Å². The summed E-state index contributed by atoms with van der Waals surface area (Å²) in [5.74, 6) is -0.207. The molecular formula is C15H18N2O4S. The number of fused-ring (bicyclic) bond motifs is 1. The van der Waals surface area contributed by atoms with Crippen molar-refractivity contribution in [3.05, 3.63) is 30.3 Å².